The van der Waals surface area contributed by atoms with Crippen molar-refractivity contribution in [1.82, 2.24) is 9.47 Å². The normalized spacial score (nSPS) is 17.5. The predicted octanol–water partition coefficient (Wildman–Crippen LogP) is 4.33. The zero-order valence-electron chi connectivity index (χ0n) is 15.3. The highest BCUT2D eigenvalue weighted by atomic mass is 16.5. The van der Waals surface area contributed by atoms with Gasteiger partial charge < -0.3 is 14.0 Å². The molecule has 0 radical (unpaired) electrons. The molecule has 4 heteroatoms. The second-order valence-corrected chi connectivity index (χ2v) is 6.74. The minimum absolute atomic E-state index is 0.00219. The van der Waals surface area contributed by atoms with Crippen molar-refractivity contribution in [2.24, 2.45) is 0 Å². The molecule has 1 saturated heterocycles. The molecule has 0 spiro atoms. The van der Waals surface area contributed by atoms with Crippen LogP contribution in [0.4, 0.5) is 0 Å². The van der Waals surface area contributed by atoms with Crippen molar-refractivity contribution in [3.8, 4) is 11.4 Å². The molecule has 4 rings (SSSR count). The predicted molar refractivity (Wildman–Crippen MR) is 103 cm³/mol. The molecule has 0 amide bonds. The lowest BCUT2D eigenvalue weighted by molar-refractivity contribution is 0.0288. The second kappa shape index (κ2) is 7.36. The van der Waals surface area contributed by atoms with E-state index in [1.165, 1.54) is 16.7 Å². The summed E-state index contributed by atoms with van der Waals surface area (Å²) >= 11 is 0. The molecule has 3 aromatic rings. The minimum atomic E-state index is 0.00219. The SMILES string of the molecule is COc1cccc(-n2ccc([C@@H]3OCCN3Cc3cccc(C)c3)c2)c1. The minimum Gasteiger partial charge on any atom is -0.497 e. The highest BCUT2D eigenvalue weighted by Gasteiger charge is 2.27. The number of benzene rings is 2. The van der Waals surface area contributed by atoms with Gasteiger partial charge in [0.15, 0.2) is 0 Å². The number of aryl methyl sites for hydroxylation is 1. The summed E-state index contributed by atoms with van der Waals surface area (Å²) in [5.41, 5.74) is 4.88. The van der Waals surface area contributed by atoms with E-state index in [0.29, 0.717) is 0 Å². The number of nitrogens with zero attached hydrogens (tertiary/aromatic N) is 2. The second-order valence-electron chi connectivity index (χ2n) is 6.74. The monoisotopic (exact) mass is 348 g/mol. The Morgan fingerprint density at radius 2 is 2.00 bits per heavy atom. The Morgan fingerprint density at radius 3 is 2.85 bits per heavy atom. The van der Waals surface area contributed by atoms with E-state index in [0.717, 1.165) is 31.1 Å². The maximum absolute atomic E-state index is 6.04. The van der Waals surface area contributed by atoms with Crippen LogP contribution in [0.15, 0.2) is 67.0 Å². The number of hydrogen-bond donors (Lipinski definition) is 0. The Hall–Kier alpha value is -2.56. The largest absolute Gasteiger partial charge is 0.497 e. The number of hydrogen-bond acceptors (Lipinski definition) is 3. The van der Waals surface area contributed by atoms with Gasteiger partial charge in [-0.1, -0.05) is 35.9 Å². The third kappa shape index (κ3) is 3.52. The highest BCUT2D eigenvalue weighted by molar-refractivity contribution is 5.40. The van der Waals surface area contributed by atoms with Crippen LogP contribution in [0.2, 0.25) is 0 Å². The quantitative estimate of drug-likeness (QED) is 0.687. The molecule has 134 valence electrons. The fourth-order valence-electron chi connectivity index (χ4n) is 3.51. The summed E-state index contributed by atoms with van der Waals surface area (Å²) in [5.74, 6) is 0.857. The summed E-state index contributed by atoms with van der Waals surface area (Å²) in [7, 11) is 1.69. The third-order valence-corrected chi connectivity index (χ3v) is 4.81. The van der Waals surface area contributed by atoms with Gasteiger partial charge in [-0.2, -0.15) is 0 Å². The molecule has 0 saturated carbocycles. The van der Waals surface area contributed by atoms with Gasteiger partial charge in [0.25, 0.3) is 0 Å². The van der Waals surface area contributed by atoms with Gasteiger partial charge in [0.2, 0.25) is 0 Å². The molecule has 2 heterocycles. The van der Waals surface area contributed by atoms with Crippen LogP contribution in [0.3, 0.4) is 0 Å². The number of methoxy groups -OCH3 is 1. The first-order valence-electron chi connectivity index (χ1n) is 8.96. The molecule has 0 bridgehead atoms. The third-order valence-electron chi connectivity index (χ3n) is 4.81. The molecular formula is C22H24N2O2. The summed E-state index contributed by atoms with van der Waals surface area (Å²) in [4.78, 5) is 2.39. The molecule has 4 nitrogen and oxygen atoms in total. The van der Waals surface area contributed by atoms with E-state index in [1.54, 1.807) is 7.11 Å². The first-order chi connectivity index (χ1) is 12.7. The molecule has 1 aliphatic rings. The maximum atomic E-state index is 6.04. The average Bonchev–Trinajstić information content (AvgIpc) is 3.31. The summed E-state index contributed by atoms with van der Waals surface area (Å²) in [5, 5.41) is 0. The average molecular weight is 348 g/mol. The molecule has 0 N–H and O–H groups in total. The van der Waals surface area contributed by atoms with Crippen LogP contribution in [0, 0.1) is 6.92 Å². The Kier molecular flexibility index (Phi) is 4.78. The standard InChI is InChI=1S/C22H24N2O2/c1-17-5-3-6-18(13-17)15-24-11-12-26-22(24)19-9-10-23(16-19)20-7-4-8-21(14-20)25-2/h3-10,13-14,16,22H,11-12,15H2,1-2H3/t22-/m0/s1. The van der Waals surface area contributed by atoms with E-state index in [-0.39, 0.29) is 6.23 Å². The fraction of sp³-hybridized carbons (Fsp3) is 0.273. The van der Waals surface area contributed by atoms with Crippen molar-refractivity contribution >= 4 is 0 Å². The van der Waals surface area contributed by atoms with E-state index in [4.69, 9.17) is 9.47 Å². The van der Waals surface area contributed by atoms with Gasteiger partial charge in [-0.25, -0.2) is 0 Å². The van der Waals surface area contributed by atoms with Gasteiger partial charge in [-0.3, -0.25) is 4.90 Å². The van der Waals surface area contributed by atoms with Crippen molar-refractivity contribution in [2.75, 3.05) is 20.3 Å². The molecule has 26 heavy (non-hydrogen) atoms. The lowest BCUT2D eigenvalue weighted by Crippen LogP contribution is -2.23. The van der Waals surface area contributed by atoms with Crippen molar-refractivity contribution in [2.45, 2.75) is 19.7 Å². The number of rotatable bonds is 5. The van der Waals surface area contributed by atoms with E-state index < -0.39 is 0 Å². The van der Waals surface area contributed by atoms with Crippen molar-refractivity contribution in [3.63, 3.8) is 0 Å². The van der Waals surface area contributed by atoms with Crippen LogP contribution in [-0.4, -0.2) is 29.7 Å². The Labute approximate surface area is 154 Å². The van der Waals surface area contributed by atoms with E-state index in [1.807, 2.05) is 18.2 Å². The topological polar surface area (TPSA) is 26.6 Å². The molecule has 1 atom stereocenters. The molecule has 1 aromatic heterocycles. The number of ether oxygens (including phenoxy) is 2. The highest BCUT2D eigenvalue weighted by Crippen LogP contribution is 2.30. The summed E-state index contributed by atoms with van der Waals surface area (Å²) in [6, 6.07) is 18.9. The van der Waals surface area contributed by atoms with Gasteiger partial charge in [0.05, 0.1) is 13.7 Å². The molecule has 0 aliphatic carbocycles. The zero-order valence-corrected chi connectivity index (χ0v) is 15.3. The zero-order chi connectivity index (χ0) is 17.9. The first-order valence-corrected chi connectivity index (χ1v) is 8.96. The first kappa shape index (κ1) is 16.9. The Bertz CT molecular complexity index is 887. The van der Waals surface area contributed by atoms with Gasteiger partial charge in [-0.15, -0.1) is 0 Å². The van der Waals surface area contributed by atoms with Crippen LogP contribution in [0.1, 0.15) is 22.9 Å². The van der Waals surface area contributed by atoms with Crippen LogP contribution in [0.25, 0.3) is 5.69 Å². The van der Waals surface area contributed by atoms with Gasteiger partial charge >= 0.3 is 0 Å². The van der Waals surface area contributed by atoms with Crippen molar-refractivity contribution < 1.29 is 9.47 Å². The smallest absolute Gasteiger partial charge is 0.138 e. The molecule has 1 fully saturated rings. The van der Waals surface area contributed by atoms with E-state index in [9.17, 15) is 0 Å². The lowest BCUT2D eigenvalue weighted by atomic mass is 10.1. The summed E-state index contributed by atoms with van der Waals surface area (Å²) in [6.07, 6.45) is 4.23. The van der Waals surface area contributed by atoms with Crippen LogP contribution in [-0.2, 0) is 11.3 Å². The van der Waals surface area contributed by atoms with Gasteiger partial charge in [0.1, 0.15) is 12.0 Å². The lowest BCUT2D eigenvalue weighted by Gasteiger charge is -2.22. The summed E-state index contributed by atoms with van der Waals surface area (Å²) < 4.78 is 13.5. The summed E-state index contributed by atoms with van der Waals surface area (Å²) in [6.45, 7) is 4.75. The maximum Gasteiger partial charge on any atom is 0.138 e. The molecule has 0 unspecified atom stereocenters. The van der Waals surface area contributed by atoms with Crippen LogP contribution < -0.4 is 4.74 Å². The van der Waals surface area contributed by atoms with E-state index in [2.05, 4.69) is 65.2 Å². The van der Waals surface area contributed by atoms with Crippen LogP contribution >= 0.6 is 0 Å². The van der Waals surface area contributed by atoms with Crippen molar-refractivity contribution in [1.29, 1.82) is 0 Å². The van der Waals surface area contributed by atoms with E-state index >= 15 is 0 Å². The Balaban J connectivity index is 1.54. The van der Waals surface area contributed by atoms with Crippen molar-refractivity contribution in [3.05, 3.63) is 83.7 Å². The van der Waals surface area contributed by atoms with Crippen LogP contribution in [0.5, 0.6) is 5.75 Å². The van der Waals surface area contributed by atoms with Gasteiger partial charge in [-0.05, 0) is 30.7 Å². The Morgan fingerprint density at radius 1 is 1.12 bits per heavy atom. The molecule has 1 aliphatic heterocycles. The fourth-order valence-corrected chi connectivity index (χ4v) is 3.51. The van der Waals surface area contributed by atoms with Gasteiger partial charge in [0, 0.05) is 42.8 Å². The molecule has 2 aromatic carbocycles. The number of aromatic nitrogens is 1. The molecular weight excluding hydrogens is 324 g/mol.